The fourth-order valence-corrected chi connectivity index (χ4v) is 1.35. The lowest BCUT2D eigenvalue weighted by Crippen LogP contribution is -2.27. The number of hydrogen-bond acceptors (Lipinski definition) is 3. The topological polar surface area (TPSA) is 83.8 Å². The summed E-state index contributed by atoms with van der Waals surface area (Å²) < 4.78 is 0. The molecule has 1 aromatic heterocycles. The molecule has 7 heteroatoms. The van der Waals surface area contributed by atoms with E-state index in [1.54, 1.807) is 12.3 Å². The van der Waals surface area contributed by atoms with E-state index in [4.69, 9.17) is 5.73 Å². The lowest BCUT2D eigenvalue weighted by atomic mass is 10.1. The summed E-state index contributed by atoms with van der Waals surface area (Å²) in [5.41, 5.74) is 6.59. The highest BCUT2D eigenvalue weighted by Gasteiger charge is 2.15. The average molecular weight is 289 g/mol. The maximum atomic E-state index is 11.7. The van der Waals surface area contributed by atoms with E-state index in [-0.39, 0.29) is 30.7 Å². The third-order valence-corrected chi connectivity index (χ3v) is 2.20. The van der Waals surface area contributed by atoms with Crippen LogP contribution in [-0.4, -0.2) is 16.1 Å². The number of anilines is 1. The molecule has 1 aromatic carbocycles. The van der Waals surface area contributed by atoms with Gasteiger partial charge >= 0.3 is 0 Å². The van der Waals surface area contributed by atoms with Crippen LogP contribution in [0.5, 0.6) is 0 Å². The highest BCUT2D eigenvalue weighted by Crippen LogP contribution is 2.11. The Balaban J connectivity index is 0.00000144. The van der Waals surface area contributed by atoms with Crippen LogP contribution in [-0.2, 0) is 4.79 Å². The Morgan fingerprint density at radius 3 is 2.44 bits per heavy atom. The van der Waals surface area contributed by atoms with Crippen LogP contribution in [0, 0.1) is 0 Å². The van der Waals surface area contributed by atoms with Crippen molar-refractivity contribution in [2.24, 2.45) is 5.73 Å². The van der Waals surface area contributed by atoms with Gasteiger partial charge in [-0.3, -0.25) is 9.89 Å². The van der Waals surface area contributed by atoms with E-state index < -0.39 is 6.04 Å². The molecule has 1 atom stereocenters. The van der Waals surface area contributed by atoms with E-state index in [0.29, 0.717) is 5.82 Å². The zero-order valence-electron chi connectivity index (χ0n) is 9.37. The van der Waals surface area contributed by atoms with Crippen molar-refractivity contribution in [2.75, 3.05) is 5.32 Å². The highest BCUT2D eigenvalue weighted by atomic mass is 35.5. The van der Waals surface area contributed by atoms with Gasteiger partial charge in [0.1, 0.15) is 11.9 Å². The first-order valence-corrected chi connectivity index (χ1v) is 4.88. The van der Waals surface area contributed by atoms with E-state index in [0.717, 1.165) is 5.56 Å². The highest BCUT2D eigenvalue weighted by molar-refractivity contribution is 5.94. The molecule has 0 aliphatic carbocycles. The van der Waals surface area contributed by atoms with Crippen LogP contribution < -0.4 is 11.1 Å². The van der Waals surface area contributed by atoms with E-state index >= 15 is 0 Å². The molecule has 2 rings (SSSR count). The predicted octanol–water partition coefficient (Wildman–Crippen LogP) is 1.89. The minimum atomic E-state index is -0.676. The number of rotatable bonds is 3. The summed E-state index contributed by atoms with van der Waals surface area (Å²) in [6.45, 7) is 0. The Hall–Kier alpha value is -1.56. The summed E-state index contributed by atoms with van der Waals surface area (Å²) in [6, 6.07) is 10.2. The number of hydrogen-bond donors (Lipinski definition) is 3. The van der Waals surface area contributed by atoms with Crippen molar-refractivity contribution in [3.05, 3.63) is 48.2 Å². The van der Waals surface area contributed by atoms with Gasteiger partial charge in [0.05, 0.1) is 6.20 Å². The summed E-state index contributed by atoms with van der Waals surface area (Å²) >= 11 is 0. The minimum absolute atomic E-state index is 0. The first-order chi connectivity index (χ1) is 7.77. The molecule has 0 radical (unpaired) electrons. The molecule has 0 aliphatic heterocycles. The molecule has 1 amide bonds. The maximum absolute atomic E-state index is 11.7. The smallest absolute Gasteiger partial charge is 0.247 e. The van der Waals surface area contributed by atoms with E-state index in [2.05, 4.69) is 15.5 Å². The SMILES string of the molecule is Cl.Cl.NC(C(=O)Nc1ccn[nH]1)c1ccccc1. The fraction of sp³-hybridized carbons (Fsp3) is 0.0909. The summed E-state index contributed by atoms with van der Waals surface area (Å²) in [7, 11) is 0. The Morgan fingerprint density at radius 1 is 1.22 bits per heavy atom. The quantitative estimate of drug-likeness (QED) is 0.806. The largest absolute Gasteiger partial charge is 0.316 e. The number of carbonyl (C=O) groups excluding carboxylic acids is 1. The number of carbonyl (C=O) groups is 1. The minimum Gasteiger partial charge on any atom is -0.316 e. The maximum Gasteiger partial charge on any atom is 0.247 e. The van der Waals surface area contributed by atoms with E-state index in [1.807, 2.05) is 30.3 Å². The number of halogens is 2. The zero-order valence-corrected chi connectivity index (χ0v) is 11.0. The van der Waals surface area contributed by atoms with Crippen LogP contribution in [0.25, 0.3) is 0 Å². The number of H-pyrrole nitrogens is 1. The molecule has 0 saturated heterocycles. The van der Waals surface area contributed by atoms with E-state index in [9.17, 15) is 4.79 Å². The molecule has 5 nitrogen and oxygen atoms in total. The molecular weight excluding hydrogens is 275 g/mol. The van der Waals surface area contributed by atoms with Crippen molar-refractivity contribution >= 4 is 36.5 Å². The molecule has 4 N–H and O–H groups in total. The van der Waals surface area contributed by atoms with Crippen LogP contribution in [0.1, 0.15) is 11.6 Å². The van der Waals surface area contributed by atoms with Crippen molar-refractivity contribution in [3.63, 3.8) is 0 Å². The second-order valence-corrected chi connectivity index (χ2v) is 3.35. The first kappa shape index (κ1) is 16.4. The monoisotopic (exact) mass is 288 g/mol. The summed E-state index contributed by atoms with van der Waals surface area (Å²) in [5.74, 6) is 0.270. The zero-order chi connectivity index (χ0) is 11.4. The Bertz CT molecular complexity index is 461. The van der Waals surface area contributed by atoms with Gasteiger partial charge in [0, 0.05) is 6.07 Å². The van der Waals surface area contributed by atoms with Crippen LogP contribution in [0.3, 0.4) is 0 Å². The van der Waals surface area contributed by atoms with E-state index in [1.165, 1.54) is 0 Å². The lowest BCUT2D eigenvalue weighted by Gasteiger charge is -2.10. The second kappa shape index (κ2) is 7.71. The number of aromatic amines is 1. The van der Waals surface area contributed by atoms with Crippen molar-refractivity contribution in [1.82, 2.24) is 10.2 Å². The molecule has 0 bridgehead atoms. The molecule has 0 spiro atoms. The summed E-state index contributed by atoms with van der Waals surface area (Å²) in [4.78, 5) is 11.7. The van der Waals surface area contributed by atoms with Crippen LogP contribution in [0.4, 0.5) is 5.82 Å². The van der Waals surface area contributed by atoms with Gasteiger partial charge in [-0.25, -0.2) is 0 Å². The number of benzene rings is 1. The normalized spacial score (nSPS) is 10.7. The summed E-state index contributed by atoms with van der Waals surface area (Å²) in [5, 5.41) is 9.00. The Labute approximate surface area is 117 Å². The molecular formula is C11H14Cl2N4O. The van der Waals surface area contributed by atoms with Gasteiger partial charge in [0.25, 0.3) is 0 Å². The third-order valence-electron chi connectivity index (χ3n) is 2.20. The molecule has 1 heterocycles. The average Bonchev–Trinajstić information content (AvgIpc) is 2.82. The number of aromatic nitrogens is 2. The third kappa shape index (κ3) is 4.03. The molecule has 0 fully saturated rings. The number of amides is 1. The standard InChI is InChI=1S/C11H12N4O.2ClH/c12-10(8-4-2-1-3-5-8)11(16)14-9-6-7-13-15-9;;/h1-7,10H,12H2,(H2,13,14,15,16);2*1H. The molecule has 0 aliphatic rings. The molecule has 1 unspecified atom stereocenters. The van der Waals surface area contributed by atoms with Gasteiger partial charge in [-0.05, 0) is 5.56 Å². The predicted molar refractivity (Wildman–Crippen MR) is 75.1 cm³/mol. The van der Waals surface area contributed by atoms with Crippen molar-refractivity contribution < 1.29 is 4.79 Å². The number of nitrogens with two attached hydrogens (primary N) is 1. The van der Waals surface area contributed by atoms with Gasteiger partial charge in [0.15, 0.2) is 0 Å². The second-order valence-electron chi connectivity index (χ2n) is 3.35. The molecule has 18 heavy (non-hydrogen) atoms. The van der Waals surface area contributed by atoms with Gasteiger partial charge < -0.3 is 11.1 Å². The van der Waals surface area contributed by atoms with Gasteiger partial charge in [-0.15, -0.1) is 24.8 Å². The number of nitrogens with zero attached hydrogens (tertiary/aromatic N) is 1. The first-order valence-electron chi connectivity index (χ1n) is 4.88. The van der Waals surface area contributed by atoms with Crippen molar-refractivity contribution in [1.29, 1.82) is 0 Å². The van der Waals surface area contributed by atoms with Crippen LogP contribution in [0.15, 0.2) is 42.6 Å². The van der Waals surface area contributed by atoms with Crippen molar-refractivity contribution in [2.45, 2.75) is 6.04 Å². The molecule has 2 aromatic rings. The van der Waals surface area contributed by atoms with Crippen LogP contribution in [0.2, 0.25) is 0 Å². The molecule has 98 valence electrons. The van der Waals surface area contributed by atoms with Gasteiger partial charge in [-0.2, -0.15) is 5.10 Å². The fourth-order valence-electron chi connectivity index (χ4n) is 1.35. The van der Waals surface area contributed by atoms with Crippen molar-refractivity contribution in [3.8, 4) is 0 Å². The number of nitrogens with one attached hydrogen (secondary N) is 2. The Morgan fingerprint density at radius 2 is 1.89 bits per heavy atom. The lowest BCUT2D eigenvalue weighted by molar-refractivity contribution is -0.117. The van der Waals surface area contributed by atoms with Crippen LogP contribution >= 0.6 is 24.8 Å². The van der Waals surface area contributed by atoms with Gasteiger partial charge in [0.2, 0.25) is 5.91 Å². The molecule has 0 saturated carbocycles. The summed E-state index contributed by atoms with van der Waals surface area (Å²) in [6.07, 6.45) is 1.56. The Kier molecular flexibility index (Phi) is 7.04. The van der Waals surface area contributed by atoms with Gasteiger partial charge in [-0.1, -0.05) is 30.3 Å².